The molecule has 0 bridgehead atoms. The lowest BCUT2D eigenvalue weighted by atomic mass is 10.0. The Kier molecular flexibility index (Phi) is 7.83. The molecule has 0 spiro atoms. The van der Waals surface area contributed by atoms with Crippen molar-refractivity contribution in [3.05, 3.63) is 58.4 Å². The number of hydrogen-bond donors (Lipinski definition) is 0. The summed E-state index contributed by atoms with van der Waals surface area (Å²) in [6.45, 7) is 3.97. The van der Waals surface area contributed by atoms with E-state index in [0.29, 0.717) is 6.61 Å². The number of fused-ring (bicyclic) bond motifs is 1. The van der Waals surface area contributed by atoms with Gasteiger partial charge in [-0.1, -0.05) is 18.2 Å². The Labute approximate surface area is 193 Å². The monoisotopic (exact) mass is 480 g/mol. The molecule has 182 valence electrons. The van der Waals surface area contributed by atoms with Gasteiger partial charge in [0.15, 0.2) is 6.10 Å². The number of benzene rings is 2. The fourth-order valence-electron chi connectivity index (χ4n) is 3.26. The van der Waals surface area contributed by atoms with Gasteiger partial charge in [-0.2, -0.15) is 13.2 Å². The summed E-state index contributed by atoms with van der Waals surface area (Å²) in [7, 11) is 1.29. The van der Waals surface area contributed by atoms with E-state index in [1.54, 1.807) is 13.0 Å². The second-order valence-electron chi connectivity index (χ2n) is 7.12. The Bertz CT molecular complexity index is 1220. The van der Waals surface area contributed by atoms with Gasteiger partial charge in [-0.3, -0.25) is 4.79 Å². The van der Waals surface area contributed by atoms with Crippen LogP contribution in [0.2, 0.25) is 0 Å². The predicted octanol–water partition coefficient (Wildman–Crippen LogP) is 4.83. The van der Waals surface area contributed by atoms with E-state index in [1.165, 1.54) is 44.4 Å². The third-order valence-electron chi connectivity index (χ3n) is 4.82. The molecule has 2 aromatic carbocycles. The normalized spacial score (nSPS) is 12.4. The van der Waals surface area contributed by atoms with Gasteiger partial charge >= 0.3 is 12.1 Å². The zero-order valence-electron chi connectivity index (χ0n) is 18.7. The topological polar surface area (TPSA) is 84.2 Å². The van der Waals surface area contributed by atoms with Crippen LogP contribution in [-0.4, -0.2) is 39.0 Å². The van der Waals surface area contributed by atoms with Crippen LogP contribution in [0.15, 0.2) is 51.7 Å². The number of rotatable bonds is 9. The van der Waals surface area contributed by atoms with Gasteiger partial charge < -0.3 is 23.4 Å². The summed E-state index contributed by atoms with van der Waals surface area (Å²) in [5.74, 6) is -2.02. The van der Waals surface area contributed by atoms with Crippen LogP contribution in [0.4, 0.5) is 13.2 Å². The third-order valence-corrected chi connectivity index (χ3v) is 4.82. The zero-order chi connectivity index (χ0) is 24.9. The van der Waals surface area contributed by atoms with Crippen molar-refractivity contribution in [3.8, 4) is 22.6 Å². The van der Waals surface area contributed by atoms with Crippen molar-refractivity contribution in [2.75, 3.05) is 26.9 Å². The van der Waals surface area contributed by atoms with E-state index in [4.69, 9.17) is 23.4 Å². The molecule has 0 unspecified atom stereocenters. The van der Waals surface area contributed by atoms with Crippen LogP contribution in [0.25, 0.3) is 22.1 Å². The molecule has 34 heavy (non-hydrogen) atoms. The third kappa shape index (κ3) is 5.51. The van der Waals surface area contributed by atoms with Gasteiger partial charge in [0, 0.05) is 18.2 Å². The second kappa shape index (κ2) is 10.6. The number of ether oxygens (including phenoxy) is 4. The van der Waals surface area contributed by atoms with E-state index in [-0.39, 0.29) is 41.2 Å². The Hall–Kier alpha value is -3.53. The second-order valence-corrected chi connectivity index (χ2v) is 7.12. The number of alkyl halides is 3. The molecule has 0 amide bonds. The summed E-state index contributed by atoms with van der Waals surface area (Å²) in [4.78, 5) is 25.2. The molecule has 1 heterocycles. The minimum Gasteiger partial charge on any atom is -0.496 e. The molecule has 0 aliphatic carbocycles. The lowest BCUT2D eigenvalue weighted by Gasteiger charge is -2.16. The van der Waals surface area contributed by atoms with E-state index in [0.717, 1.165) is 6.07 Å². The van der Waals surface area contributed by atoms with Crippen molar-refractivity contribution in [3.63, 3.8) is 0 Å². The Morgan fingerprint density at radius 2 is 1.85 bits per heavy atom. The molecule has 0 saturated heterocycles. The van der Waals surface area contributed by atoms with E-state index in [9.17, 15) is 22.8 Å². The summed E-state index contributed by atoms with van der Waals surface area (Å²) in [6.07, 6.45) is -6.02. The van der Waals surface area contributed by atoms with Gasteiger partial charge in [0.05, 0.1) is 24.7 Å². The molecule has 10 heteroatoms. The van der Waals surface area contributed by atoms with Crippen molar-refractivity contribution in [2.24, 2.45) is 0 Å². The number of hydrogen-bond acceptors (Lipinski definition) is 7. The zero-order valence-corrected chi connectivity index (χ0v) is 18.7. The smallest absolute Gasteiger partial charge is 0.450 e. The van der Waals surface area contributed by atoms with E-state index >= 15 is 0 Å². The molecule has 7 nitrogen and oxygen atoms in total. The van der Waals surface area contributed by atoms with Crippen molar-refractivity contribution in [2.45, 2.75) is 26.1 Å². The predicted molar refractivity (Wildman–Crippen MR) is 117 cm³/mol. The Morgan fingerprint density at radius 1 is 1.12 bits per heavy atom. The summed E-state index contributed by atoms with van der Waals surface area (Å²) >= 11 is 0. The lowest BCUT2D eigenvalue weighted by Crippen LogP contribution is -2.27. The highest BCUT2D eigenvalue weighted by molar-refractivity contribution is 5.85. The molecular formula is C24H23F3O7. The quantitative estimate of drug-likeness (QED) is 0.320. The maximum Gasteiger partial charge on any atom is 0.450 e. The van der Waals surface area contributed by atoms with Crippen LogP contribution in [-0.2, 0) is 20.4 Å². The van der Waals surface area contributed by atoms with Gasteiger partial charge in [0.25, 0.3) is 0 Å². The van der Waals surface area contributed by atoms with Crippen molar-refractivity contribution in [1.82, 2.24) is 0 Å². The van der Waals surface area contributed by atoms with E-state index < -0.39 is 35.0 Å². The average molecular weight is 480 g/mol. The Morgan fingerprint density at radius 3 is 2.53 bits per heavy atom. The highest BCUT2D eigenvalue weighted by Crippen LogP contribution is 2.40. The molecule has 0 aliphatic heterocycles. The van der Waals surface area contributed by atoms with Crippen molar-refractivity contribution < 1.29 is 41.3 Å². The molecule has 1 atom stereocenters. The molecule has 1 aromatic heterocycles. The van der Waals surface area contributed by atoms with E-state index in [1.807, 2.05) is 0 Å². The number of carbonyl (C=O) groups excluding carboxylic acids is 1. The minimum atomic E-state index is -4.96. The highest BCUT2D eigenvalue weighted by Gasteiger charge is 2.40. The highest BCUT2D eigenvalue weighted by atomic mass is 19.4. The van der Waals surface area contributed by atoms with Crippen LogP contribution < -0.4 is 14.9 Å². The number of para-hydroxylation sites is 1. The molecule has 3 rings (SSSR count). The number of esters is 1. The maximum atomic E-state index is 13.9. The summed E-state index contributed by atoms with van der Waals surface area (Å²) in [6, 6.07) is 9.64. The number of carbonyl (C=O) groups is 1. The standard InChI is InChI=1S/C24H23F3O7/c1-4-31-11-12-32-23(29)14(2)33-15-9-10-17-19(13-15)34-22(24(25,26)27)20(21(17)28)16-7-5-6-8-18(16)30-3/h5-10,13-14H,4,11-12H2,1-3H3/t14-/m1/s1. The van der Waals surface area contributed by atoms with Crippen LogP contribution in [0.5, 0.6) is 11.5 Å². The van der Waals surface area contributed by atoms with Crippen LogP contribution in [0.3, 0.4) is 0 Å². The largest absolute Gasteiger partial charge is 0.496 e. The summed E-state index contributed by atoms with van der Waals surface area (Å²) < 4.78 is 67.6. The van der Waals surface area contributed by atoms with E-state index in [2.05, 4.69) is 0 Å². The molecule has 0 aliphatic rings. The first kappa shape index (κ1) is 25.1. The molecule has 0 fully saturated rings. The van der Waals surface area contributed by atoms with Gasteiger partial charge in [0.1, 0.15) is 23.7 Å². The molecule has 0 radical (unpaired) electrons. The minimum absolute atomic E-state index is 0.0306. The fourth-order valence-corrected chi connectivity index (χ4v) is 3.26. The van der Waals surface area contributed by atoms with Crippen LogP contribution in [0.1, 0.15) is 19.6 Å². The number of halogens is 3. The maximum absolute atomic E-state index is 13.9. The van der Waals surface area contributed by atoms with Gasteiger partial charge in [-0.05, 0) is 32.0 Å². The lowest BCUT2D eigenvalue weighted by molar-refractivity contribution is -0.152. The number of methoxy groups -OCH3 is 1. The first-order valence-corrected chi connectivity index (χ1v) is 10.4. The van der Waals surface area contributed by atoms with Crippen molar-refractivity contribution >= 4 is 16.9 Å². The summed E-state index contributed by atoms with van der Waals surface area (Å²) in [5, 5.41) is -0.0896. The van der Waals surface area contributed by atoms with Crippen LogP contribution in [0, 0.1) is 0 Å². The van der Waals surface area contributed by atoms with Gasteiger partial charge in [0.2, 0.25) is 11.2 Å². The fraction of sp³-hybridized carbons (Fsp3) is 0.333. The van der Waals surface area contributed by atoms with Gasteiger partial charge in [-0.25, -0.2) is 4.79 Å². The Balaban J connectivity index is 2.00. The van der Waals surface area contributed by atoms with Gasteiger partial charge in [-0.15, -0.1) is 0 Å². The SMILES string of the molecule is CCOCCOC(=O)[C@@H](C)Oc1ccc2c(=O)c(-c3ccccc3OC)c(C(F)(F)F)oc2c1. The first-order chi connectivity index (χ1) is 16.2. The average Bonchev–Trinajstić information content (AvgIpc) is 2.81. The molecule has 0 saturated carbocycles. The first-order valence-electron chi connectivity index (χ1n) is 10.4. The van der Waals surface area contributed by atoms with Crippen LogP contribution >= 0.6 is 0 Å². The van der Waals surface area contributed by atoms with Crippen molar-refractivity contribution in [1.29, 1.82) is 0 Å². The molecule has 3 aromatic rings. The molecule has 0 N–H and O–H groups in total. The summed E-state index contributed by atoms with van der Waals surface area (Å²) in [5.41, 5.74) is -1.92. The molecular weight excluding hydrogens is 457 g/mol.